The number of aryl methyl sites for hydroxylation is 1. The number of nitrogens with zero attached hydrogens (tertiary/aromatic N) is 2. The van der Waals surface area contributed by atoms with Crippen molar-refractivity contribution in [3.8, 4) is 5.75 Å². The molecule has 1 fully saturated rings. The summed E-state index contributed by atoms with van der Waals surface area (Å²) in [5, 5.41) is 0. The highest BCUT2D eigenvalue weighted by Crippen LogP contribution is 2.26. The Morgan fingerprint density at radius 3 is 2.60 bits per heavy atom. The molecule has 0 spiro atoms. The molecule has 2 N–H and O–H groups in total. The van der Waals surface area contributed by atoms with E-state index < -0.39 is 11.8 Å². The molecule has 0 unspecified atom stereocenters. The minimum absolute atomic E-state index is 0.0734. The van der Waals surface area contributed by atoms with Gasteiger partial charge in [-0.1, -0.05) is 18.2 Å². The van der Waals surface area contributed by atoms with Crippen LogP contribution in [0.25, 0.3) is 0 Å². The molecule has 2 aromatic rings. The largest absolute Gasteiger partial charge is 0.493 e. The second kappa shape index (κ2) is 7.34. The van der Waals surface area contributed by atoms with Crippen LogP contribution in [0.1, 0.15) is 15.9 Å². The molecule has 1 saturated heterocycles. The number of pyridine rings is 1. The van der Waals surface area contributed by atoms with Crippen molar-refractivity contribution in [2.45, 2.75) is 6.92 Å². The fraction of sp³-hybridized carbons (Fsp3) is 0.316. The van der Waals surface area contributed by atoms with E-state index in [1.54, 1.807) is 35.5 Å². The number of rotatable bonds is 5. The molecule has 1 aliphatic heterocycles. The highest BCUT2D eigenvalue weighted by Gasteiger charge is 2.39. The van der Waals surface area contributed by atoms with E-state index in [4.69, 9.17) is 10.5 Å². The molecule has 1 aliphatic rings. The Morgan fingerprint density at radius 2 is 1.92 bits per heavy atom. The molecule has 1 aromatic heterocycles. The third-order valence-corrected chi connectivity index (χ3v) is 4.58. The second-order valence-electron chi connectivity index (χ2n) is 6.29. The van der Waals surface area contributed by atoms with E-state index >= 15 is 0 Å². The van der Waals surface area contributed by atoms with Crippen molar-refractivity contribution in [3.05, 3.63) is 59.9 Å². The summed E-state index contributed by atoms with van der Waals surface area (Å²) in [6.07, 6.45) is 3.28. The topological polar surface area (TPSA) is 85.5 Å². The first kappa shape index (κ1) is 17.0. The molecular weight excluding hydrogens is 318 g/mol. The lowest BCUT2D eigenvalue weighted by Gasteiger charge is -2.18. The Balaban J connectivity index is 1.71. The Bertz CT molecular complexity index is 764. The average molecular weight is 339 g/mol. The van der Waals surface area contributed by atoms with Crippen LogP contribution in [0.3, 0.4) is 0 Å². The van der Waals surface area contributed by atoms with E-state index in [-0.39, 0.29) is 11.8 Å². The molecule has 0 aliphatic carbocycles. The fourth-order valence-corrected chi connectivity index (χ4v) is 3.15. The Labute approximate surface area is 146 Å². The number of hydrogen-bond acceptors (Lipinski definition) is 4. The monoisotopic (exact) mass is 339 g/mol. The number of primary amides is 1. The smallest absolute Gasteiger partial charge is 0.254 e. The quantitative estimate of drug-likeness (QED) is 0.897. The van der Waals surface area contributed by atoms with Crippen molar-refractivity contribution in [2.24, 2.45) is 17.6 Å². The van der Waals surface area contributed by atoms with Crippen LogP contribution < -0.4 is 10.5 Å². The van der Waals surface area contributed by atoms with Crippen LogP contribution in [0.4, 0.5) is 0 Å². The van der Waals surface area contributed by atoms with E-state index in [2.05, 4.69) is 4.98 Å². The third kappa shape index (κ3) is 3.79. The van der Waals surface area contributed by atoms with Crippen LogP contribution in [-0.2, 0) is 4.79 Å². The highest BCUT2D eigenvalue weighted by molar-refractivity contribution is 5.96. The summed E-state index contributed by atoms with van der Waals surface area (Å²) in [4.78, 5) is 30.2. The normalized spacial score (nSPS) is 19.6. The van der Waals surface area contributed by atoms with Crippen molar-refractivity contribution in [3.63, 3.8) is 0 Å². The standard InChI is InChI=1S/C19H21N3O3/c1-13-4-2-3-5-16(13)19(24)22-10-14(17(11-22)18(20)23)12-25-15-6-8-21-9-7-15/h2-9,14,17H,10-12H2,1H3,(H2,20,23)/t14-,17+/m0/s1. The first-order valence-corrected chi connectivity index (χ1v) is 8.23. The zero-order valence-electron chi connectivity index (χ0n) is 14.1. The summed E-state index contributed by atoms with van der Waals surface area (Å²) >= 11 is 0. The molecule has 2 amide bonds. The maximum Gasteiger partial charge on any atom is 0.254 e. The number of hydrogen-bond donors (Lipinski definition) is 1. The van der Waals surface area contributed by atoms with Gasteiger partial charge in [0.15, 0.2) is 0 Å². The summed E-state index contributed by atoms with van der Waals surface area (Å²) < 4.78 is 5.74. The van der Waals surface area contributed by atoms with E-state index in [9.17, 15) is 9.59 Å². The highest BCUT2D eigenvalue weighted by atomic mass is 16.5. The minimum atomic E-state index is -0.408. The summed E-state index contributed by atoms with van der Waals surface area (Å²) in [5.41, 5.74) is 7.12. The number of aromatic nitrogens is 1. The van der Waals surface area contributed by atoms with Gasteiger partial charge in [-0.05, 0) is 30.7 Å². The van der Waals surface area contributed by atoms with Crippen LogP contribution >= 0.6 is 0 Å². The molecule has 130 valence electrons. The first-order chi connectivity index (χ1) is 12.1. The Kier molecular flexibility index (Phi) is 4.97. The number of benzene rings is 1. The van der Waals surface area contributed by atoms with Crippen LogP contribution in [-0.4, -0.2) is 41.4 Å². The predicted octanol–water partition coefficient (Wildman–Crippen LogP) is 1.64. The first-order valence-electron chi connectivity index (χ1n) is 8.23. The molecule has 6 heteroatoms. The predicted molar refractivity (Wildman–Crippen MR) is 93.0 cm³/mol. The van der Waals surface area contributed by atoms with Gasteiger partial charge in [-0.25, -0.2) is 0 Å². The summed E-state index contributed by atoms with van der Waals surface area (Å²) in [6.45, 7) is 3.01. The second-order valence-corrected chi connectivity index (χ2v) is 6.29. The summed E-state index contributed by atoms with van der Waals surface area (Å²) in [7, 11) is 0. The van der Waals surface area contributed by atoms with Crippen LogP contribution in [0, 0.1) is 18.8 Å². The van der Waals surface area contributed by atoms with Gasteiger partial charge in [0.05, 0.1) is 12.5 Å². The van der Waals surface area contributed by atoms with Crippen molar-refractivity contribution in [1.82, 2.24) is 9.88 Å². The van der Waals surface area contributed by atoms with Gasteiger partial charge in [-0.15, -0.1) is 0 Å². The maximum atomic E-state index is 12.8. The molecule has 0 saturated carbocycles. The molecule has 1 aromatic carbocycles. The van der Waals surface area contributed by atoms with Gasteiger partial charge in [0.25, 0.3) is 5.91 Å². The molecule has 2 heterocycles. The SMILES string of the molecule is Cc1ccccc1C(=O)N1C[C@@H](COc2ccncc2)[C@H](C(N)=O)C1. The Morgan fingerprint density at radius 1 is 1.20 bits per heavy atom. The number of carbonyl (C=O) groups excluding carboxylic acids is 2. The number of carbonyl (C=O) groups is 2. The maximum absolute atomic E-state index is 12.8. The molecule has 0 bridgehead atoms. The zero-order valence-corrected chi connectivity index (χ0v) is 14.1. The number of amides is 2. The zero-order chi connectivity index (χ0) is 17.8. The van der Waals surface area contributed by atoms with Crippen molar-refractivity contribution >= 4 is 11.8 Å². The van der Waals surface area contributed by atoms with Gasteiger partial charge in [-0.2, -0.15) is 0 Å². The van der Waals surface area contributed by atoms with Crippen LogP contribution in [0.5, 0.6) is 5.75 Å². The van der Waals surface area contributed by atoms with Gasteiger partial charge < -0.3 is 15.4 Å². The van der Waals surface area contributed by atoms with Gasteiger partial charge >= 0.3 is 0 Å². The van der Waals surface area contributed by atoms with E-state index in [0.29, 0.717) is 31.0 Å². The molecule has 2 atom stereocenters. The Hall–Kier alpha value is -2.89. The van der Waals surface area contributed by atoms with E-state index in [1.807, 2.05) is 25.1 Å². The van der Waals surface area contributed by atoms with Gasteiger partial charge in [0, 0.05) is 37.0 Å². The third-order valence-electron chi connectivity index (χ3n) is 4.58. The van der Waals surface area contributed by atoms with Gasteiger partial charge in [-0.3, -0.25) is 14.6 Å². The lowest BCUT2D eigenvalue weighted by atomic mass is 9.96. The number of nitrogens with two attached hydrogens (primary N) is 1. The van der Waals surface area contributed by atoms with E-state index in [0.717, 1.165) is 5.56 Å². The molecule has 3 rings (SSSR count). The van der Waals surface area contributed by atoms with Crippen LogP contribution in [0.2, 0.25) is 0 Å². The molecule has 6 nitrogen and oxygen atoms in total. The summed E-state index contributed by atoms with van der Waals surface area (Å²) in [6, 6.07) is 10.9. The minimum Gasteiger partial charge on any atom is -0.493 e. The number of likely N-dealkylation sites (tertiary alicyclic amines) is 1. The van der Waals surface area contributed by atoms with Crippen molar-refractivity contribution in [2.75, 3.05) is 19.7 Å². The van der Waals surface area contributed by atoms with E-state index in [1.165, 1.54) is 0 Å². The van der Waals surface area contributed by atoms with Crippen molar-refractivity contribution in [1.29, 1.82) is 0 Å². The van der Waals surface area contributed by atoms with Crippen molar-refractivity contribution < 1.29 is 14.3 Å². The summed E-state index contributed by atoms with van der Waals surface area (Å²) in [5.74, 6) is -0.325. The lowest BCUT2D eigenvalue weighted by molar-refractivity contribution is -0.122. The number of ether oxygens (including phenoxy) is 1. The van der Waals surface area contributed by atoms with Gasteiger partial charge in [0.2, 0.25) is 5.91 Å². The van der Waals surface area contributed by atoms with Gasteiger partial charge in [0.1, 0.15) is 5.75 Å². The molecular formula is C19H21N3O3. The molecule has 25 heavy (non-hydrogen) atoms. The molecule has 0 radical (unpaired) electrons. The average Bonchev–Trinajstić information content (AvgIpc) is 3.05. The fourth-order valence-electron chi connectivity index (χ4n) is 3.15. The van der Waals surface area contributed by atoms with Crippen LogP contribution in [0.15, 0.2) is 48.8 Å². The lowest BCUT2D eigenvalue weighted by Crippen LogP contribution is -2.33.